The summed E-state index contributed by atoms with van der Waals surface area (Å²) < 4.78 is 5.27. The summed E-state index contributed by atoms with van der Waals surface area (Å²) in [7, 11) is 1.63. The highest BCUT2D eigenvalue weighted by Crippen LogP contribution is 2.23. The minimum absolute atomic E-state index is 0.138. The van der Waals surface area contributed by atoms with E-state index in [1.54, 1.807) is 25.6 Å². The van der Waals surface area contributed by atoms with Crippen LogP contribution in [0.15, 0.2) is 85.2 Å². The van der Waals surface area contributed by atoms with Crippen molar-refractivity contribution in [2.75, 3.05) is 12.4 Å². The van der Waals surface area contributed by atoms with Crippen LogP contribution in [0.25, 0.3) is 11.3 Å². The minimum atomic E-state index is -0.147. The van der Waals surface area contributed by atoms with E-state index in [2.05, 4.69) is 39.7 Å². The van der Waals surface area contributed by atoms with Crippen LogP contribution in [0.5, 0.6) is 5.75 Å². The fraction of sp³-hybridized carbons (Fsp3) is 0.148. The fourth-order valence-corrected chi connectivity index (χ4v) is 3.51. The molecular weight excluding hydrogens is 412 g/mol. The Labute approximate surface area is 193 Å². The number of rotatable bonds is 7. The third kappa shape index (κ3) is 5.54. The predicted molar refractivity (Wildman–Crippen MR) is 131 cm³/mol. The van der Waals surface area contributed by atoms with Gasteiger partial charge in [-0.3, -0.25) is 4.79 Å². The van der Waals surface area contributed by atoms with Gasteiger partial charge in [0.2, 0.25) is 0 Å². The van der Waals surface area contributed by atoms with Gasteiger partial charge in [0.25, 0.3) is 5.91 Å². The Morgan fingerprint density at radius 1 is 0.939 bits per heavy atom. The lowest BCUT2D eigenvalue weighted by atomic mass is 10.1. The van der Waals surface area contributed by atoms with E-state index in [0.717, 1.165) is 28.3 Å². The number of nitrogens with zero attached hydrogens (tertiary/aromatic N) is 2. The summed E-state index contributed by atoms with van der Waals surface area (Å²) in [6, 6.07) is 24.9. The molecule has 0 aliphatic heterocycles. The molecule has 1 aromatic heterocycles. The van der Waals surface area contributed by atoms with E-state index in [0.29, 0.717) is 11.4 Å². The maximum absolute atomic E-state index is 12.7. The summed E-state index contributed by atoms with van der Waals surface area (Å²) >= 11 is 0. The van der Waals surface area contributed by atoms with Crippen molar-refractivity contribution in [3.05, 3.63) is 102 Å². The summed E-state index contributed by atoms with van der Waals surface area (Å²) in [5.41, 5.74) is 5.46. The number of methoxy groups -OCH3 is 1. The third-order valence-electron chi connectivity index (χ3n) is 5.34. The Kier molecular flexibility index (Phi) is 6.64. The first-order valence-corrected chi connectivity index (χ1v) is 10.7. The highest BCUT2D eigenvalue weighted by molar-refractivity contribution is 5.94. The average molecular weight is 439 g/mol. The molecule has 0 aliphatic carbocycles. The molecule has 1 heterocycles. The van der Waals surface area contributed by atoms with Crippen molar-refractivity contribution in [1.82, 2.24) is 15.3 Å². The highest BCUT2D eigenvalue weighted by atomic mass is 16.5. The number of hydrogen-bond donors (Lipinski definition) is 2. The van der Waals surface area contributed by atoms with Crippen LogP contribution in [0, 0.1) is 6.92 Å². The number of aryl methyl sites for hydroxylation is 1. The topological polar surface area (TPSA) is 76.1 Å². The standard InChI is InChI=1S/C27H26N4O2/c1-18-6-4-8-22(14-18)25-16-26(29-17-28-25)31-23-12-10-20(11-13-23)27(32)30-19(2)21-7-5-9-24(15-21)33-3/h4-17,19H,1-3H3,(H,30,32)(H,28,29,31). The first-order chi connectivity index (χ1) is 16.0. The lowest BCUT2D eigenvalue weighted by Crippen LogP contribution is -2.26. The second kappa shape index (κ2) is 9.96. The van der Waals surface area contributed by atoms with E-state index >= 15 is 0 Å². The summed E-state index contributed by atoms with van der Waals surface area (Å²) in [5.74, 6) is 1.31. The Morgan fingerprint density at radius 2 is 1.73 bits per heavy atom. The average Bonchev–Trinajstić information content (AvgIpc) is 2.84. The normalized spacial score (nSPS) is 11.5. The molecule has 0 spiro atoms. The number of amides is 1. The lowest BCUT2D eigenvalue weighted by molar-refractivity contribution is 0.0940. The molecule has 0 saturated heterocycles. The van der Waals surface area contributed by atoms with Gasteiger partial charge in [-0.05, 0) is 61.9 Å². The summed E-state index contributed by atoms with van der Waals surface area (Å²) in [6.07, 6.45) is 1.54. The number of anilines is 2. The second-order valence-electron chi connectivity index (χ2n) is 7.83. The zero-order chi connectivity index (χ0) is 23.2. The summed E-state index contributed by atoms with van der Waals surface area (Å²) in [6.45, 7) is 4.00. The van der Waals surface area contributed by atoms with Gasteiger partial charge in [-0.1, -0.05) is 35.9 Å². The van der Waals surface area contributed by atoms with Crippen LogP contribution in [-0.2, 0) is 0 Å². The van der Waals surface area contributed by atoms with Gasteiger partial charge >= 0.3 is 0 Å². The van der Waals surface area contributed by atoms with E-state index in [1.165, 1.54) is 5.56 Å². The molecule has 0 saturated carbocycles. The van der Waals surface area contributed by atoms with Gasteiger partial charge in [-0.25, -0.2) is 9.97 Å². The van der Waals surface area contributed by atoms with Gasteiger partial charge in [-0.2, -0.15) is 0 Å². The Hall–Kier alpha value is -4.19. The van der Waals surface area contributed by atoms with Gasteiger partial charge in [-0.15, -0.1) is 0 Å². The molecular formula is C27H26N4O2. The molecule has 0 aliphatic rings. The number of hydrogen-bond acceptors (Lipinski definition) is 5. The molecule has 6 nitrogen and oxygen atoms in total. The van der Waals surface area contributed by atoms with Crippen LogP contribution in [-0.4, -0.2) is 23.0 Å². The maximum Gasteiger partial charge on any atom is 0.251 e. The zero-order valence-corrected chi connectivity index (χ0v) is 18.9. The fourth-order valence-electron chi connectivity index (χ4n) is 3.51. The largest absolute Gasteiger partial charge is 0.497 e. The number of carbonyl (C=O) groups is 1. The molecule has 2 N–H and O–H groups in total. The van der Waals surface area contributed by atoms with Crippen molar-refractivity contribution in [3.8, 4) is 17.0 Å². The summed E-state index contributed by atoms with van der Waals surface area (Å²) in [4.78, 5) is 21.4. The van der Waals surface area contributed by atoms with Crippen LogP contribution in [0.1, 0.15) is 34.5 Å². The van der Waals surface area contributed by atoms with Gasteiger partial charge in [0.1, 0.15) is 17.9 Å². The van der Waals surface area contributed by atoms with E-state index in [4.69, 9.17) is 4.74 Å². The Bertz CT molecular complexity index is 1250. The Balaban J connectivity index is 1.42. The van der Waals surface area contributed by atoms with E-state index < -0.39 is 0 Å². The predicted octanol–water partition coefficient (Wildman–Crippen LogP) is 5.70. The van der Waals surface area contributed by atoms with Crippen molar-refractivity contribution in [2.45, 2.75) is 19.9 Å². The van der Waals surface area contributed by atoms with Crippen LogP contribution in [0.2, 0.25) is 0 Å². The van der Waals surface area contributed by atoms with Crippen molar-refractivity contribution in [2.24, 2.45) is 0 Å². The zero-order valence-electron chi connectivity index (χ0n) is 18.9. The van der Waals surface area contributed by atoms with Crippen molar-refractivity contribution in [1.29, 1.82) is 0 Å². The molecule has 33 heavy (non-hydrogen) atoms. The van der Waals surface area contributed by atoms with Crippen LogP contribution in [0.4, 0.5) is 11.5 Å². The van der Waals surface area contributed by atoms with Crippen LogP contribution < -0.4 is 15.4 Å². The third-order valence-corrected chi connectivity index (χ3v) is 5.34. The maximum atomic E-state index is 12.7. The molecule has 3 aromatic carbocycles. The van der Waals surface area contributed by atoms with E-state index in [1.807, 2.05) is 61.5 Å². The van der Waals surface area contributed by atoms with Crippen molar-refractivity contribution < 1.29 is 9.53 Å². The van der Waals surface area contributed by atoms with Gasteiger partial charge < -0.3 is 15.4 Å². The molecule has 4 rings (SSSR count). The summed E-state index contributed by atoms with van der Waals surface area (Å²) in [5, 5.41) is 6.30. The molecule has 166 valence electrons. The molecule has 6 heteroatoms. The number of carbonyl (C=O) groups excluding carboxylic acids is 1. The van der Waals surface area contributed by atoms with E-state index in [9.17, 15) is 4.79 Å². The Morgan fingerprint density at radius 3 is 2.48 bits per heavy atom. The highest BCUT2D eigenvalue weighted by Gasteiger charge is 2.12. The molecule has 0 bridgehead atoms. The number of aromatic nitrogens is 2. The van der Waals surface area contributed by atoms with Crippen molar-refractivity contribution >= 4 is 17.4 Å². The monoisotopic (exact) mass is 438 g/mol. The first kappa shape index (κ1) is 22.0. The van der Waals surface area contributed by atoms with Gasteiger partial charge in [0, 0.05) is 22.9 Å². The van der Waals surface area contributed by atoms with Crippen LogP contribution in [0.3, 0.4) is 0 Å². The lowest BCUT2D eigenvalue weighted by Gasteiger charge is -2.15. The molecule has 0 fully saturated rings. The quantitative estimate of drug-likeness (QED) is 0.387. The first-order valence-electron chi connectivity index (χ1n) is 10.7. The molecule has 1 atom stereocenters. The van der Waals surface area contributed by atoms with Crippen LogP contribution >= 0.6 is 0 Å². The van der Waals surface area contributed by atoms with E-state index in [-0.39, 0.29) is 11.9 Å². The molecule has 1 amide bonds. The van der Waals surface area contributed by atoms with Gasteiger partial charge in [0.15, 0.2) is 0 Å². The number of benzene rings is 3. The molecule has 0 radical (unpaired) electrons. The molecule has 1 unspecified atom stereocenters. The number of nitrogens with one attached hydrogen (secondary N) is 2. The SMILES string of the molecule is COc1cccc(C(C)NC(=O)c2ccc(Nc3cc(-c4cccc(C)c4)ncn3)cc2)c1. The second-order valence-corrected chi connectivity index (χ2v) is 7.83. The number of ether oxygens (including phenoxy) is 1. The van der Waals surface area contributed by atoms with Crippen molar-refractivity contribution in [3.63, 3.8) is 0 Å². The molecule has 4 aromatic rings. The van der Waals surface area contributed by atoms with Gasteiger partial charge in [0.05, 0.1) is 18.8 Å². The smallest absolute Gasteiger partial charge is 0.251 e. The minimum Gasteiger partial charge on any atom is -0.497 e.